The standard InChI is InChI=1S/C28H33N5O5/c1-18-25(34)26(35)28(38-18)33-16-23(19-3-9-22(36-2)10-4-19)24-15-32(17-29-27(24)33)30-20-5-7-21(8-6-20)31-11-13-37-14-12-31/h3-10,16-18,25-26,28,30,34-35H,11-15H2,1-2H3/t18-,25-,26-,28-/m1/s1. The molecule has 3 N–H and O–H groups in total. The predicted molar refractivity (Wildman–Crippen MR) is 145 cm³/mol. The summed E-state index contributed by atoms with van der Waals surface area (Å²) in [5, 5.41) is 23.0. The Kier molecular flexibility index (Phi) is 6.71. The van der Waals surface area contributed by atoms with Gasteiger partial charge in [-0.3, -0.25) is 10.4 Å². The summed E-state index contributed by atoms with van der Waals surface area (Å²) >= 11 is 0. The summed E-state index contributed by atoms with van der Waals surface area (Å²) in [5.74, 6) is 1.47. The lowest BCUT2D eigenvalue weighted by Crippen LogP contribution is -2.36. The Hall–Kier alpha value is -3.57. The van der Waals surface area contributed by atoms with E-state index in [0.717, 1.165) is 54.4 Å². The molecule has 4 heterocycles. The van der Waals surface area contributed by atoms with E-state index in [1.54, 1.807) is 20.4 Å². The van der Waals surface area contributed by atoms with Crippen molar-refractivity contribution in [2.75, 3.05) is 43.7 Å². The molecule has 10 heteroatoms. The van der Waals surface area contributed by atoms with Gasteiger partial charge in [-0.2, -0.15) is 0 Å². The van der Waals surface area contributed by atoms with Gasteiger partial charge in [0.15, 0.2) is 6.23 Å². The van der Waals surface area contributed by atoms with Crippen LogP contribution in [0.4, 0.5) is 17.2 Å². The van der Waals surface area contributed by atoms with E-state index in [2.05, 4.69) is 34.6 Å². The lowest BCUT2D eigenvalue weighted by atomic mass is 10.0. The molecule has 200 valence electrons. The highest BCUT2D eigenvalue weighted by atomic mass is 16.6. The number of hydrazine groups is 1. The number of aliphatic imine (C=N–C) groups is 1. The Labute approximate surface area is 221 Å². The minimum atomic E-state index is -1.05. The summed E-state index contributed by atoms with van der Waals surface area (Å²) in [6.45, 7) is 5.60. The molecule has 0 amide bonds. The van der Waals surface area contributed by atoms with Crippen LogP contribution < -0.4 is 15.1 Å². The van der Waals surface area contributed by atoms with Crippen LogP contribution in [0.2, 0.25) is 0 Å². The van der Waals surface area contributed by atoms with Crippen LogP contribution >= 0.6 is 0 Å². The van der Waals surface area contributed by atoms with Gasteiger partial charge in [-0.1, -0.05) is 12.1 Å². The van der Waals surface area contributed by atoms with E-state index in [1.807, 2.05) is 40.0 Å². The van der Waals surface area contributed by atoms with Crippen molar-refractivity contribution in [1.82, 2.24) is 9.58 Å². The molecule has 2 aromatic carbocycles. The van der Waals surface area contributed by atoms with Gasteiger partial charge in [0.05, 0.1) is 38.7 Å². The Morgan fingerprint density at radius 1 is 1.00 bits per heavy atom. The number of hydrogen-bond donors (Lipinski definition) is 3. The maximum Gasteiger partial charge on any atom is 0.164 e. The van der Waals surface area contributed by atoms with E-state index in [1.165, 1.54) is 5.69 Å². The molecule has 6 rings (SSSR count). The zero-order valence-corrected chi connectivity index (χ0v) is 21.5. The maximum atomic E-state index is 10.7. The lowest BCUT2D eigenvalue weighted by molar-refractivity contribution is -0.0308. The molecule has 0 radical (unpaired) electrons. The van der Waals surface area contributed by atoms with Crippen molar-refractivity contribution < 1.29 is 24.4 Å². The topological polar surface area (TPSA) is 104 Å². The van der Waals surface area contributed by atoms with Crippen LogP contribution in [-0.4, -0.2) is 77.9 Å². The average Bonchev–Trinajstić information content (AvgIpc) is 3.46. The summed E-state index contributed by atoms with van der Waals surface area (Å²) in [6.07, 6.45) is 0.459. The number of aromatic nitrogens is 1. The normalized spacial score (nSPS) is 24.9. The third kappa shape index (κ3) is 4.60. The second-order valence-corrected chi connectivity index (χ2v) is 9.82. The molecule has 2 fully saturated rings. The first-order valence-electron chi connectivity index (χ1n) is 12.9. The van der Waals surface area contributed by atoms with E-state index in [9.17, 15) is 10.2 Å². The molecule has 2 saturated heterocycles. The van der Waals surface area contributed by atoms with Crippen LogP contribution in [-0.2, 0) is 16.0 Å². The van der Waals surface area contributed by atoms with Gasteiger partial charge in [0.25, 0.3) is 0 Å². The first kappa shape index (κ1) is 24.7. The number of nitrogens with zero attached hydrogens (tertiary/aromatic N) is 4. The van der Waals surface area contributed by atoms with Gasteiger partial charge in [0, 0.05) is 36.1 Å². The summed E-state index contributed by atoms with van der Waals surface area (Å²) in [4.78, 5) is 7.07. The summed E-state index contributed by atoms with van der Waals surface area (Å²) < 4.78 is 18.6. The van der Waals surface area contributed by atoms with Crippen LogP contribution in [0.25, 0.3) is 11.1 Å². The highest BCUT2D eigenvalue weighted by molar-refractivity contribution is 5.78. The van der Waals surface area contributed by atoms with Crippen LogP contribution in [0, 0.1) is 0 Å². The number of ether oxygens (including phenoxy) is 3. The van der Waals surface area contributed by atoms with E-state index < -0.39 is 24.5 Å². The molecule has 3 aromatic rings. The van der Waals surface area contributed by atoms with Gasteiger partial charge in [0.2, 0.25) is 0 Å². The van der Waals surface area contributed by atoms with Crippen molar-refractivity contribution >= 4 is 23.5 Å². The number of aliphatic hydroxyl groups excluding tert-OH is 2. The van der Waals surface area contributed by atoms with Gasteiger partial charge in [-0.25, -0.2) is 4.99 Å². The zero-order chi connectivity index (χ0) is 26.2. The second-order valence-electron chi connectivity index (χ2n) is 9.82. The molecule has 10 nitrogen and oxygen atoms in total. The number of fused-ring (bicyclic) bond motifs is 1. The number of morpholine rings is 1. The molecule has 0 saturated carbocycles. The van der Waals surface area contributed by atoms with Crippen molar-refractivity contribution in [3.05, 3.63) is 60.3 Å². The fraction of sp³-hybridized carbons (Fsp3) is 0.393. The molecule has 0 aliphatic carbocycles. The number of aliphatic hydroxyl groups is 2. The molecule has 3 aliphatic heterocycles. The van der Waals surface area contributed by atoms with Crippen LogP contribution in [0.5, 0.6) is 5.75 Å². The van der Waals surface area contributed by atoms with Crippen molar-refractivity contribution in [2.45, 2.75) is 38.0 Å². The highest BCUT2D eigenvalue weighted by Crippen LogP contribution is 2.42. The van der Waals surface area contributed by atoms with E-state index >= 15 is 0 Å². The van der Waals surface area contributed by atoms with E-state index in [-0.39, 0.29) is 0 Å². The summed E-state index contributed by atoms with van der Waals surface area (Å²) in [6, 6.07) is 16.2. The lowest BCUT2D eigenvalue weighted by Gasteiger charge is -2.29. The van der Waals surface area contributed by atoms with E-state index in [4.69, 9.17) is 19.2 Å². The molecule has 38 heavy (non-hydrogen) atoms. The average molecular weight is 520 g/mol. The monoisotopic (exact) mass is 519 g/mol. The molecular formula is C28H33N5O5. The number of methoxy groups -OCH3 is 1. The van der Waals surface area contributed by atoms with Gasteiger partial charge in [0.1, 0.15) is 30.1 Å². The molecular weight excluding hydrogens is 486 g/mol. The largest absolute Gasteiger partial charge is 0.497 e. The van der Waals surface area contributed by atoms with Crippen molar-refractivity contribution in [3.8, 4) is 16.9 Å². The fourth-order valence-electron chi connectivity index (χ4n) is 5.26. The third-order valence-corrected chi connectivity index (χ3v) is 7.42. The Morgan fingerprint density at radius 3 is 2.39 bits per heavy atom. The zero-order valence-electron chi connectivity index (χ0n) is 21.5. The molecule has 3 aliphatic rings. The minimum Gasteiger partial charge on any atom is -0.497 e. The van der Waals surface area contributed by atoms with E-state index in [0.29, 0.717) is 12.4 Å². The molecule has 0 unspecified atom stereocenters. The smallest absolute Gasteiger partial charge is 0.164 e. The van der Waals surface area contributed by atoms with Crippen LogP contribution in [0.15, 0.2) is 59.7 Å². The quantitative estimate of drug-likeness (QED) is 0.457. The number of hydrogen-bond acceptors (Lipinski definition) is 9. The Bertz CT molecular complexity index is 1290. The second kappa shape index (κ2) is 10.3. The van der Waals surface area contributed by atoms with Crippen LogP contribution in [0.3, 0.4) is 0 Å². The molecule has 0 spiro atoms. The van der Waals surface area contributed by atoms with Gasteiger partial charge in [-0.15, -0.1) is 0 Å². The Balaban J connectivity index is 1.27. The SMILES string of the molecule is COc1ccc(-c2cn([C@@H]3O[C@H](C)[C@@H](O)[C@H]3O)c3c2CN(Nc2ccc(N4CCOCC4)cc2)C=N3)cc1. The van der Waals surface area contributed by atoms with Gasteiger partial charge < -0.3 is 33.9 Å². The maximum absolute atomic E-state index is 10.7. The van der Waals surface area contributed by atoms with Gasteiger partial charge in [-0.05, 0) is 48.9 Å². The third-order valence-electron chi connectivity index (χ3n) is 7.42. The molecule has 4 atom stereocenters. The minimum absolute atomic E-state index is 0.483. The van der Waals surface area contributed by atoms with Crippen molar-refractivity contribution in [2.24, 2.45) is 4.99 Å². The van der Waals surface area contributed by atoms with Crippen molar-refractivity contribution in [1.29, 1.82) is 0 Å². The summed E-state index contributed by atoms with van der Waals surface area (Å²) in [7, 11) is 1.64. The Morgan fingerprint density at radius 2 is 1.74 bits per heavy atom. The number of rotatable bonds is 6. The first-order chi connectivity index (χ1) is 18.5. The molecule has 0 bridgehead atoms. The highest BCUT2D eigenvalue weighted by Gasteiger charge is 2.43. The molecule has 1 aromatic heterocycles. The fourth-order valence-corrected chi connectivity index (χ4v) is 5.26. The first-order valence-corrected chi connectivity index (χ1v) is 12.9. The van der Waals surface area contributed by atoms with Crippen LogP contribution in [0.1, 0.15) is 18.7 Å². The van der Waals surface area contributed by atoms with Crippen molar-refractivity contribution in [3.63, 3.8) is 0 Å². The van der Waals surface area contributed by atoms with Gasteiger partial charge >= 0.3 is 0 Å². The predicted octanol–water partition coefficient (Wildman–Crippen LogP) is 3.14. The number of benzene rings is 2. The number of nitrogens with one attached hydrogen (secondary N) is 1. The summed E-state index contributed by atoms with van der Waals surface area (Å²) in [5.41, 5.74) is 8.53. The number of anilines is 2.